The molecule has 156 valence electrons. The van der Waals surface area contributed by atoms with Gasteiger partial charge in [0.2, 0.25) is 5.91 Å². The summed E-state index contributed by atoms with van der Waals surface area (Å²) in [6, 6.07) is 14.8. The van der Waals surface area contributed by atoms with E-state index < -0.39 is 6.09 Å². The number of amides is 2. The van der Waals surface area contributed by atoms with E-state index in [0.717, 1.165) is 38.3 Å². The number of benzene rings is 2. The van der Waals surface area contributed by atoms with Crippen molar-refractivity contribution in [1.29, 1.82) is 0 Å². The van der Waals surface area contributed by atoms with E-state index in [9.17, 15) is 9.59 Å². The van der Waals surface area contributed by atoms with Gasteiger partial charge in [0.05, 0.1) is 17.6 Å². The number of aromatic nitrogens is 2. The van der Waals surface area contributed by atoms with Crippen LogP contribution in [0.15, 0.2) is 53.9 Å². The molecule has 4 N–H and O–H groups in total. The maximum Gasteiger partial charge on any atom is 0.409 e. The first kappa shape index (κ1) is 20.4. The molecule has 31 heavy (non-hydrogen) atoms. The highest BCUT2D eigenvalue weighted by Crippen LogP contribution is 2.26. The Hall–Kier alpha value is -3.91. The Balaban J connectivity index is 1.56. The number of hydrogen-bond acceptors (Lipinski definition) is 4. The molecule has 0 atom stereocenters. The summed E-state index contributed by atoms with van der Waals surface area (Å²) < 4.78 is 0. The molecule has 7 nitrogen and oxygen atoms in total. The van der Waals surface area contributed by atoms with E-state index in [1.54, 1.807) is 29.5 Å². The molecule has 2 heterocycles. The largest absolute Gasteiger partial charge is 0.465 e. The van der Waals surface area contributed by atoms with Crippen molar-refractivity contribution in [2.45, 2.75) is 13.3 Å². The first-order valence-corrected chi connectivity index (χ1v) is 10.4. The van der Waals surface area contributed by atoms with Crippen LogP contribution in [0.2, 0.25) is 0 Å². The molecule has 0 fully saturated rings. The summed E-state index contributed by atoms with van der Waals surface area (Å²) in [6.45, 7) is 1.94. The number of rotatable bonds is 6. The van der Waals surface area contributed by atoms with Gasteiger partial charge in [-0.15, -0.1) is 11.3 Å². The van der Waals surface area contributed by atoms with E-state index >= 15 is 0 Å². The van der Waals surface area contributed by atoms with Gasteiger partial charge in [0.15, 0.2) is 0 Å². The van der Waals surface area contributed by atoms with Crippen molar-refractivity contribution in [1.82, 2.24) is 10.2 Å². The number of thiophene rings is 1. The van der Waals surface area contributed by atoms with Gasteiger partial charge in [-0.25, -0.2) is 4.79 Å². The summed E-state index contributed by atoms with van der Waals surface area (Å²) in [4.78, 5) is 24.3. The summed E-state index contributed by atoms with van der Waals surface area (Å²) >= 11 is 1.56. The van der Waals surface area contributed by atoms with Crippen LogP contribution in [0.4, 0.5) is 16.2 Å². The number of anilines is 2. The lowest BCUT2D eigenvalue weighted by molar-refractivity contribution is -0.115. The molecule has 2 aromatic heterocycles. The normalized spacial score (nSPS) is 11.1. The van der Waals surface area contributed by atoms with Crippen molar-refractivity contribution < 1.29 is 14.7 Å². The molecule has 0 aliphatic rings. The number of aryl methyl sites for hydroxylation is 1. The van der Waals surface area contributed by atoms with Crippen molar-refractivity contribution in [2.24, 2.45) is 0 Å². The average molecular weight is 433 g/mol. The number of carbonyl (C=O) groups excluding carboxylic acids is 1. The highest BCUT2D eigenvalue weighted by atomic mass is 32.1. The zero-order valence-electron chi connectivity index (χ0n) is 16.7. The summed E-state index contributed by atoms with van der Waals surface area (Å²) in [5, 5.41) is 24.4. The molecule has 0 aliphatic carbocycles. The predicted octanol–water partition coefficient (Wildman–Crippen LogP) is 5.37. The molecule has 0 radical (unpaired) electrons. The molecule has 4 aromatic rings. The molecule has 0 bridgehead atoms. The molecular formula is C23H20N4O3S. The Morgan fingerprint density at radius 3 is 2.77 bits per heavy atom. The van der Waals surface area contributed by atoms with E-state index in [2.05, 4.69) is 20.8 Å². The van der Waals surface area contributed by atoms with Gasteiger partial charge in [-0.1, -0.05) is 24.3 Å². The fourth-order valence-electron chi connectivity index (χ4n) is 3.24. The summed E-state index contributed by atoms with van der Waals surface area (Å²) in [6.07, 6.45) is 2.94. The van der Waals surface area contributed by atoms with Crippen LogP contribution in [-0.2, 0) is 11.2 Å². The third-order valence-electron chi connectivity index (χ3n) is 4.70. The lowest BCUT2D eigenvalue weighted by Crippen LogP contribution is -2.14. The predicted molar refractivity (Wildman–Crippen MR) is 125 cm³/mol. The third kappa shape index (κ3) is 4.99. The molecular weight excluding hydrogens is 412 g/mol. The quantitative estimate of drug-likeness (QED) is 0.328. The Kier molecular flexibility index (Phi) is 5.81. The van der Waals surface area contributed by atoms with E-state index in [-0.39, 0.29) is 5.91 Å². The Bertz CT molecular complexity index is 1280. The van der Waals surface area contributed by atoms with Crippen LogP contribution >= 0.6 is 11.3 Å². The molecule has 0 saturated heterocycles. The van der Waals surface area contributed by atoms with Crippen molar-refractivity contribution in [3.8, 4) is 0 Å². The van der Waals surface area contributed by atoms with Gasteiger partial charge in [-0.2, -0.15) is 5.10 Å². The van der Waals surface area contributed by atoms with E-state index in [1.165, 1.54) is 0 Å². The highest BCUT2D eigenvalue weighted by molar-refractivity contribution is 7.10. The van der Waals surface area contributed by atoms with E-state index in [1.807, 2.05) is 54.8 Å². The molecule has 0 spiro atoms. The highest BCUT2D eigenvalue weighted by Gasteiger charge is 2.11. The third-order valence-corrected chi connectivity index (χ3v) is 5.57. The minimum atomic E-state index is -1.11. The van der Waals surface area contributed by atoms with E-state index in [0.29, 0.717) is 12.1 Å². The van der Waals surface area contributed by atoms with Gasteiger partial charge in [0.1, 0.15) is 0 Å². The standard InChI is InChI=1S/C23H20N4O3S/c1-14-10-21-18(13-20(14)25-22(28)12-17-6-3-9-31-17)19(26-27-21)8-7-15-4-2-5-16(11-15)24-23(29)30/h2-11,13,24H,12H2,1H3,(H,25,28)(H,26,27)(H,29,30). The zero-order valence-corrected chi connectivity index (χ0v) is 17.5. The lowest BCUT2D eigenvalue weighted by atomic mass is 10.1. The van der Waals surface area contributed by atoms with Crippen molar-refractivity contribution in [3.63, 3.8) is 0 Å². The first-order valence-electron chi connectivity index (χ1n) is 9.57. The number of carboxylic acid groups (broad SMARTS) is 1. The van der Waals surface area contributed by atoms with Gasteiger partial charge in [0, 0.05) is 21.6 Å². The number of H-pyrrole nitrogens is 1. The van der Waals surface area contributed by atoms with Crippen molar-refractivity contribution in [3.05, 3.63) is 75.6 Å². The fraction of sp³-hybridized carbons (Fsp3) is 0.0870. The topological polar surface area (TPSA) is 107 Å². The van der Waals surface area contributed by atoms with Crippen LogP contribution in [0.3, 0.4) is 0 Å². The van der Waals surface area contributed by atoms with Crippen LogP contribution in [-0.4, -0.2) is 27.3 Å². The van der Waals surface area contributed by atoms with Crippen LogP contribution in [0.5, 0.6) is 0 Å². The molecule has 0 saturated carbocycles. The van der Waals surface area contributed by atoms with Crippen LogP contribution in [0.1, 0.15) is 21.7 Å². The molecule has 0 aliphatic heterocycles. The minimum absolute atomic E-state index is 0.0618. The second-order valence-corrected chi connectivity index (χ2v) is 8.05. The monoisotopic (exact) mass is 432 g/mol. The molecule has 8 heteroatoms. The minimum Gasteiger partial charge on any atom is -0.465 e. The second kappa shape index (κ2) is 8.85. The molecule has 2 amide bonds. The van der Waals surface area contributed by atoms with Crippen LogP contribution in [0.25, 0.3) is 23.1 Å². The fourth-order valence-corrected chi connectivity index (χ4v) is 3.94. The number of carbonyl (C=O) groups is 2. The first-order chi connectivity index (χ1) is 15.0. The number of nitrogens with one attached hydrogen (secondary N) is 3. The van der Waals surface area contributed by atoms with Gasteiger partial charge >= 0.3 is 6.09 Å². The van der Waals surface area contributed by atoms with Crippen LogP contribution in [0, 0.1) is 6.92 Å². The van der Waals surface area contributed by atoms with Crippen LogP contribution < -0.4 is 10.6 Å². The molecule has 2 aromatic carbocycles. The summed E-state index contributed by atoms with van der Waals surface area (Å²) in [5.41, 5.74) is 4.61. The van der Waals surface area contributed by atoms with Gasteiger partial charge in [-0.3, -0.25) is 15.2 Å². The summed E-state index contributed by atoms with van der Waals surface area (Å²) in [5.74, 6) is -0.0618. The van der Waals surface area contributed by atoms with Gasteiger partial charge in [0.25, 0.3) is 0 Å². The molecule has 0 unspecified atom stereocenters. The maximum absolute atomic E-state index is 12.4. The smallest absolute Gasteiger partial charge is 0.409 e. The number of aromatic amines is 1. The average Bonchev–Trinajstić information content (AvgIpc) is 3.36. The molecule has 4 rings (SSSR count). The van der Waals surface area contributed by atoms with E-state index in [4.69, 9.17) is 5.11 Å². The van der Waals surface area contributed by atoms with Crippen molar-refractivity contribution >= 4 is 57.8 Å². The Morgan fingerprint density at radius 1 is 1.13 bits per heavy atom. The lowest BCUT2D eigenvalue weighted by Gasteiger charge is -2.08. The SMILES string of the molecule is Cc1cc2[nH]nc(C=Cc3cccc(NC(=O)O)c3)c2cc1NC(=O)Cc1cccs1. The number of hydrogen-bond donors (Lipinski definition) is 4. The van der Waals surface area contributed by atoms with Crippen molar-refractivity contribution in [2.75, 3.05) is 10.6 Å². The zero-order chi connectivity index (χ0) is 21.8. The Labute approximate surface area is 182 Å². The number of fused-ring (bicyclic) bond motifs is 1. The number of nitrogens with zero attached hydrogens (tertiary/aromatic N) is 1. The van der Waals surface area contributed by atoms with Gasteiger partial charge < -0.3 is 10.4 Å². The second-order valence-electron chi connectivity index (χ2n) is 7.01. The van der Waals surface area contributed by atoms with Gasteiger partial charge in [-0.05, 0) is 59.8 Å². The Morgan fingerprint density at radius 2 is 2.00 bits per heavy atom. The maximum atomic E-state index is 12.4. The summed E-state index contributed by atoms with van der Waals surface area (Å²) in [7, 11) is 0.